The van der Waals surface area contributed by atoms with E-state index >= 15 is 0 Å². The first kappa shape index (κ1) is 20.7. The van der Waals surface area contributed by atoms with E-state index in [4.69, 9.17) is 25.3 Å². The summed E-state index contributed by atoms with van der Waals surface area (Å²) in [6, 6.07) is 0. The molecular formula is C10H18N6S2Zn. The summed E-state index contributed by atoms with van der Waals surface area (Å²) in [5, 5.41) is 8.82. The summed E-state index contributed by atoms with van der Waals surface area (Å²) in [5.74, 6) is 0. The Labute approximate surface area is 138 Å². The Balaban J connectivity index is 0. The molecule has 0 amide bonds. The Morgan fingerprint density at radius 3 is 1.42 bits per heavy atom. The van der Waals surface area contributed by atoms with Crippen molar-refractivity contribution in [2.45, 2.75) is 27.7 Å². The predicted molar refractivity (Wildman–Crippen MR) is 83.2 cm³/mol. The van der Waals surface area contributed by atoms with Gasteiger partial charge in [0.15, 0.2) is 0 Å². The molecular weight excluding hydrogens is 334 g/mol. The second kappa shape index (κ2) is 12.4. The van der Waals surface area contributed by atoms with Crippen LogP contribution in [0.2, 0.25) is 0 Å². The minimum atomic E-state index is 0. The van der Waals surface area contributed by atoms with Gasteiger partial charge in [-0.15, -0.1) is 0 Å². The number of nitrogens with one attached hydrogen (secondary N) is 2. The molecule has 0 spiro atoms. The Kier molecular flexibility index (Phi) is 13.5. The van der Waals surface area contributed by atoms with Crippen molar-refractivity contribution in [2.75, 3.05) is 13.1 Å². The predicted octanol–water partition coefficient (Wildman–Crippen LogP) is 0.760. The van der Waals surface area contributed by atoms with Crippen LogP contribution in [-0.4, -0.2) is 34.8 Å². The van der Waals surface area contributed by atoms with Gasteiger partial charge in [0.05, 0.1) is 11.4 Å². The van der Waals surface area contributed by atoms with Gasteiger partial charge in [-0.3, -0.25) is 20.8 Å². The number of nitrogens with zero attached hydrogens (tertiary/aromatic N) is 4. The summed E-state index contributed by atoms with van der Waals surface area (Å²) in [4.78, 5) is 7.95. The zero-order valence-electron chi connectivity index (χ0n) is 11.7. The average molecular weight is 352 g/mol. The summed E-state index contributed by atoms with van der Waals surface area (Å²) >= 11 is 9.85. The molecule has 0 aromatic rings. The van der Waals surface area contributed by atoms with Crippen LogP contribution in [-0.2, 0) is 44.7 Å². The number of rotatable bonds is 5. The van der Waals surface area contributed by atoms with Crippen LogP contribution in [0.3, 0.4) is 0 Å². The van der Waals surface area contributed by atoms with Gasteiger partial charge in [0, 0.05) is 13.1 Å². The van der Waals surface area contributed by atoms with E-state index < -0.39 is 0 Å². The van der Waals surface area contributed by atoms with Gasteiger partial charge in [0.1, 0.15) is 0 Å². The SMILES string of the molecule is CCN=C([S-])N/N=C(C)/C(C)=N/NC([S-])=NCC.[Zn+2]. The quantitative estimate of drug-likeness (QED) is 0.252. The van der Waals surface area contributed by atoms with Crippen molar-refractivity contribution in [1.29, 1.82) is 0 Å². The zero-order valence-corrected chi connectivity index (χ0v) is 16.3. The van der Waals surface area contributed by atoms with Crippen LogP contribution < -0.4 is 10.9 Å². The molecule has 2 N–H and O–H groups in total. The molecule has 0 rings (SSSR count). The van der Waals surface area contributed by atoms with Crippen LogP contribution in [0.4, 0.5) is 0 Å². The summed E-state index contributed by atoms with van der Waals surface area (Å²) in [7, 11) is 0. The molecule has 0 aliphatic carbocycles. The third kappa shape index (κ3) is 10.9. The van der Waals surface area contributed by atoms with Crippen molar-refractivity contribution < 1.29 is 19.5 Å². The van der Waals surface area contributed by atoms with Crippen molar-refractivity contribution in [3.8, 4) is 0 Å². The summed E-state index contributed by atoms with van der Waals surface area (Å²) in [6.07, 6.45) is 0. The average Bonchev–Trinajstić information content (AvgIpc) is 2.33. The van der Waals surface area contributed by atoms with E-state index in [9.17, 15) is 0 Å². The third-order valence-corrected chi connectivity index (χ3v) is 2.21. The van der Waals surface area contributed by atoms with Crippen molar-refractivity contribution >= 4 is 47.0 Å². The minimum absolute atomic E-state index is 0. The molecule has 0 aromatic heterocycles. The van der Waals surface area contributed by atoms with Gasteiger partial charge in [0.25, 0.3) is 0 Å². The summed E-state index contributed by atoms with van der Waals surface area (Å²) in [6.45, 7) is 8.67. The maximum atomic E-state index is 4.92. The first-order valence-corrected chi connectivity index (χ1v) is 6.36. The van der Waals surface area contributed by atoms with Crippen LogP contribution in [0.25, 0.3) is 0 Å². The Morgan fingerprint density at radius 2 is 1.16 bits per heavy atom. The molecule has 0 radical (unpaired) electrons. The molecule has 0 aliphatic heterocycles. The van der Waals surface area contributed by atoms with E-state index in [1.54, 1.807) is 0 Å². The first-order valence-electron chi connectivity index (χ1n) is 5.55. The molecule has 0 saturated heterocycles. The second-order valence-corrected chi connectivity index (χ2v) is 3.95. The van der Waals surface area contributed by atoms with Crippen LogP contribution in [0.15, 0.2) is 20.2 Å². The fourth-order valence-corrected chi connectivity index (χ4v) is 1.13. The molecule has 0 aromatic carbocycles. The Bertz CT molecular complexity index is 342. The van der Waals surface area contributed by atoms with Gasteiger partial charge in [-0.2, -0.15) is 10.2 Å². The van der Waals surface area contributed by atoms with Gasteiger partial charge < -0.3 is 25.3 Å². The molecule has 0 unspecified atom stereocenters. The third-order valence-electron chi connectivity index (χ3n) is 1.77. The van der Waals surface area contributed by atoms with E-state index in [-0.39, 0.29) is 19.5 Å². The van der Waals surface area contributed by atoms with Gasteiger partial charge in [-0.25, -0.2) is 0 Å². The molecule has 19 heavy (non-hydrogen) atoms. The molecule has 0 saturated carbocycles. The first-order chi connectivity index (χ1) is 8.51. The molecule has 102 valence electrons. The minimum Gasteiger partial charge on any atom is -0.741 e. The fourth-order valence-electron chi connectivity index (χ4n) is 0.783. The number of hydrazone groups is 2. The molecule has 9 heteroatoms. The van der Waals surface area contributed by atoms with Gasteiger partial charge in [0.2, 0.25) is 0 Å². The maximum absolute atomic E-state index is 4.92. The molecule has 0 atom stereocenters. The zero-order chi connectivity index (χ0) is 14.0. The number of hydrogen-bond donors (Lipinski definition) is 2. The van der Waals surface area contributed by atoms with E-state index in [0.29, 0.717) is 34.8 Å². The Morgan fingerprint density at radius 1 is 0.842 bits per heavy atom. The number of amidine groups is 2. The topological polar surface area (TPSA) is 73.5 Å². The normalized spacial score (nSPS) is 13.9. The van der Waals surface area contributed by atoms with Crippen molar-refractivity contribution in [3.63, 3.8) is 0 Å². The van der Waals surface area contributed by atoms with E-state index in [0.717, 1.165) is 0 Å². The standard InChI is InChI=1S/C10H20N6S2.Zn/c1-5-11-9(17)15-13-7(3)8(4)14-16-10(18)12-6-2;/h5-6H2,1-4H3,(H2,11,15,17)(H2,12,16,18);/q;+2/p-2/b13-7+,14-8+;. The van der Waals surface area contributed by atoms with E-state index in [1.807, 2.05) is 27.7 Å². The van der Waals surface area contributed by atoms with Crippen LogP contribution in [0, 0.1) is 0 Å². The van der Waals surface area contributed by atoms with Crippen LogP contribution in [0.1, 0.15) is 27.7 Å². The van der Waals surface area contributed by atoms with Gasteiger partial charge in [-0.05, 0) is 38.0 Å². The summed E-state index contributed by atoms with van der Waals surface area (Å²) in [5.41, 5.74) is 6.71. The molecule has 0 heterocycles. The molecule has 6 nitrogen and oxygen atoms in total. The van der Waals surface area contributed by atoms with Gasteiger partial charge in [-0.1, -0.05) is 0 Å². The smallest absolute Gasteiger partial charge is 0.741 e. The molecule has 0 aliphatic rings. The van der Waals surface area contributed by atoms with E-state index in [2.05, 4.69) is 31.0 Å². The number of aliphatic imine (C=N–C) groups is 2. The molecule has 0 bridgehead atoms. The van der Waals surface area contributed by atoms with Crippen LogP contribution >= 0.6 is 0 Å². The molecule has 0 fully saturated rings. The van der Waals surface area contributed by atoms with Crippen molar-refractivity contribution in [2.24, 2.45) is 20.2 Å². The number of hydrogen-bond acceptors (Lipinski definition) is 6. The second-order valence-electron chi connectivity index (χ2n) is 3.18. The largest absolute Gasteiger partial charge is 2.00 e. The fraction of sp³-hybridized carbons (Fsp3) is 0.600. The van der Waals surface area contributed by atoms with Crippen molar-refractivity contribution in [3.05, 3.63) is 0 Å². The monoisotopic (exact) mass is 350 g/mol. The van der Waals surface area contributed by atoms with E-state index in [1.165, 1.54) is 0 Å². The maximum Gasteiger partial charge on any atom is 2.00 e. The summed E-state index contributed by atoms with van der Waals surface area (Å²) < 4.78 is 0. The van der Waals surface area contributed by atoms with Crippen molar-refractivity contribution in [1.82, 2.24) is 10.9 Å². The van der Waals surface area contributed by atoms with Gasteiger partial charge >= 0.3 is 19.5 Å². The Hall–Kier alpha value is -0.657. The van der Waals surface area contributed by atoms with Crippen LogP contribution in [0.5, 0.6) is 0 Å².